The zero-order chi connectivity index (χ0) is 20.9. The van der Waals surface area contributed by atoms with Crippen molar-refractivity contribution in [2.45, 2.75) is 44.8 Å². The molecule has 3 rings (SSSR count). The Kier molecular flexibility index (Phi) is 6.52. The van der Waals surface area contributed by atoms with Gasteiger partial charge in [0.05, 0.1) is 26.9 Å². The second-order valence-electron chi connectivity index (χ2n) is 7.72. The first-order valence-corrected chi connectivity index (χ1v) is 9.83. The molecule has 156 valence electrons. The SMILES string of the molecule is COc1ccc(OCCCC(=O)NC2CC(C)(C)Oc3cc(OC)ccc32)cc1. The highest BCUT2D eigenvalue weighted by Crippen LogP contribution is 2.41. The molecule has 0 aliphatic carbocycles. The van der Waals surface area contributed by atoms with E-state index in [9.17, 15) is 4.79 Å². The molecule has 1 unspecified atom stereocenters. The predicted octanol–water partition coefficient (Wildman–Crippen LogP) is 4.28. The molecule has 1 aliphatic rings. The Bertz CT molecular complexity index is 832. The van der Waals surface area contributed by atoms with Crippen LogP contribution in [0, 0.1) is 0 Å². The van der Waals surface area contributed by atoms with Crippen molar-refractivity contribution in [1.29, 1.82) is 0 Å². The maximum absolute atomic E-state index is 12.5. The molecule has 1 aliphatic heterocycles. The van der Waals surface area contributed by atoms with E-state index in [1.807, 2.05) is 56.3 Å². The third-order valence-corrected chi connectivity index (χ3v) is 4.89. The largest absolute Gasteiger partial charge is 0.497 e. The van der Waals surface area contributed by atoms with Gasteiger partial charge in [-0.05, 0) is 56.7 Å². The average molecular weight is 399 g/mol. The summed E-state index contributed by atoms with van der Waals surface area (Å²) in [5.41, 5.74) is 0.613. The van der Waals surface area contributed by atoms with E-state index in [1.165, 1.54) is 0 Å². The molecule has 0 bridgehead atoms. The molecule has 2 aromatic carbocycles. The third kappa shape index (κ3) is 5.56. The molecule has 0 saturated carbocycles. The molecule has 1 heterocycles. The van der Waals surface area contributed by atoms with E-state index in [4.69, 9.17) is 18.9 Å². The van der Waals surface area contributed by atoms with Gasteiger partial charge in [0.2, 0.25) is 5.91 Å². The zero-order valence-electron chi connectivity index (χ0n) is 17.5. The molecule has 0 radical (unpaired) electrons. The van der Waals surface area contributed by atoms with Crippen LogP contribution in [0.15, 0.2) is 42.5 Å². The molecule has 1 amide bonds. The van der Waals surface area contributed by atoms with Crippen molar-refractivity contribution in [2.75, 3.05) is 20.8 Å². The van der Waals surface area contributed by atoms with Crippen LogP contribution in [0.4, 0.5) is 0 Å². The van der Waals surface area contributed by atoms with Crippen molar-refractivity contribution in [3.63, 3.8) is 0 Å². The highest BCUT2D eigenvalue weighted by atomic mass is 16.5. The standard InChI is InChI=1S/C23H29NO5/c1-23(2)15-20(19-12-11-18(27-4)14-21(19)29-23)24-22(25)6-5-13-28-17-9-7-16(26-3)8-10-17/h7-12,14,20H,5-6,13,15H2,1-4H3,(H,24,25). The fourth-order valence-corrected chi connectivity index (χ4v) is 3.45. The molecule has 0 aromatic heterocycles. The van der Waals surface area contributed by atoms with Crippen LogP contribution < -0.4 is 24.3 Å². The minimum absolute atomic E-state index is 0.00722. The molecular weight excluding hydrogens is 370 g/mol. The summed E-state index contributed by atoms with van der Waals surface area (Å²) in [4.78, 5) is 12.5. The van der Waals surface area contributed by atoms with Gasteiger partial charge in [0.25, 0.3) is 0 Å². The molecule has 0 saturated heterocycles. The van der Waals surface area contributed by atoms with E-state index in [0.29, 0.717) is 25.9 Å². The molecule has 0 fully saturated rings. The number of rotatable bonds is 8. The lowest BCUT2D eigenvalue weighted by molar-refractivity contribution is -0.122. The first-order valence-electron chi connectivity index (χ1n) is 9.83. The Morgan fingerprint density at radius 2 is 1.72 bits per heavy atom. The minimum atomic E-state index is -0.366. The van der Waals surface area contributed by atoms with Crippen LogP contribution in [-0.2, 0) is 4.79 Å². The highest BCUT2D eigenvalue weighted by molar-refractivity contribution is 5.76. The number of benzene rings is 2. The lowest BCUT2D eigenvalue weighted by Crippen LogP contribution is -2.41. The van der Waals surface area contributed by atoms with Crippen molar-refractivity contribution in [3.8, 4) is 23.0 Å². The summed E-state index contributed by atoms with van der Waals surface area (Å²) in [5, 5.41) is 3.15. The van der Waals surface area contributed by atoms with Gasteiger partial charge >= 0.3 is 0 Å². The molecule has 0 spiro atoms. The minimum Gasteiger partial charge on any atom is -0.497 e. The molecular formula is C23H29NO5. The fourth-order valence-electron chi connectivity index (χ4n) is 3.45. The van der Waals surface area contributed by atoms with Crippen molar-refractivity contribution in [1.82, 2.24) is 5.32 Å². The van der Waals surface area contributed by atoms with Crippen molar-refractivity contribution >= 4 is 5.91 Å². The molecule has 6 heteroatoms. The van der Waals surface area contributed by atoms with E-state index in [2.05, 4.69) is 5.32 Å². The normalized spacial score (nSPS) is 16.9. The van der Waals surface area contributed by atoms with Gasteiger partial charge in [-0.2, -0.15) is 0 Å². The van der Waals surface area contributed by atoms with E-state index in [-0.39, 0.29) is 17.6 Å². The molecule has 29 heavy (non-hydrogen) atoms. The number of hydrogen-bond donors (Lipinski definition) is 1. The van der Waals surface area contributed by atoms with Gasteiger partial charge in [0.15, 0.2) is 0 Å². The van der Waals surface area contributed by atoms with Crippen LogP contribution in [0.3, 0.4) is 0 Å². The van der Waals surface area contributed by atoms with E-state index in [1.54, 1.807) is 14.2 Å². The Morgan fingerprint density at radius 3 is 2.41 bits per heavy atom. The summed E-state index contributed by atoms with van der Waals surface area (Å²) in [6, 6.07) is 13.0. The summed E-state index contributed by atoms with van der Waals surface area (Å²) in [7, 11) is 3.26. The van der Waals surface area contributed by atoms with Crippen LogP contribution in [0.1, 0.15) is 44.7 Å². The van der Waals surface area contributed by atoms with Gasteiger partial charge in [0.1, 0.15) is 28.6 Å². The molecule has 1 N–H and O–H groups in total. The van der Waals surface area contributed by atoms with Crippen LogP contribution in [0.2, 0.25) is 0 Å². The second kappa shape index (κ2) is 9.07. The lowest BCUT2D eigenvalue weighted by Gasteiger charge is -2.38. The first-order chi connectivity index (χ1) is 13.9. The maximum Gasteiger partial charge on any atom is 0.220 e. The number of amides is 1. The van der Waals surface area contributed by atoms with Gasteiger partial charge in [-0.3, -0.25) is 4.79 Å². The highest BCUT2D eigenvalue weighted by Gasteiger charge is 2.34. The van der Waals surface area contributed by atoms with E-state index < -0.39 is 0 Å². The lowest BCUT2D eigenvalue weighted by atomic mass is 9.89. The Morgan fingerprint density at radius 1 is 1.07 bits per heavy atom. The van der Waals surface area contributed by atoms with Crippen LogP contribution in [0.5, 0.6) is 23.0 Å². The summed E-state index contributed by atoms with van der Waals surface area (Å²) in [6.07, 6.45) is 1.75. The van der Waals surface area contributed by atoms with E-state index in [0.717, 1.165) is 28.6 Å². The summed E-state index contributed by atoms with van der Waals surface area (Å²) in [5.74, 6) is 3.05. The van der Waals surface area contributed by atoms with Gasteiger partial charge in [-0.1, -0.05) is 0 Å². The Labute approximate surface area is 172 Å². The number of ether oxygens (including phenoxy) is 4. The molecule has 1 atom stereocenters. The maximum atomic E-state index is 12.5. The van der Waals surface area contributed by atoms with Crippen LogP contribution in [-0.4, -0.2) is 32.3 Å². The number of nitrogens with one attached hydrogen (secondary N) is 1. The fraction of sp³-hybridized carbons (Fsp3) is 0.435. The van der Waals surface area contributed by atoms with Crippen molar-refractivity contribution in [3.05, 3.63) is 48.0 Å². The number of carbonyl (C=O) groups excluding carboxylic acids is 1. The quantitative estimate of drug-likeness (QED) is 0.671. The predicted molar refractivity (Wildman–Crippen MR) is 111 cm³/mol. The monoisotopic (exact) mass is 399 g/mol. The zero-order valence-corrected chi connectivity index (χ0v) is 17.5. The third-order valence-electron chi connectivity index (χ3n) is 4.89. The molecule has 6 nitrogen and oxygen atoms in total. The van der Waals surface area contributed by atoms with Crippen molar-refractivity contribution in [2.24, 2.45) is 0 Å². The number of carbonyl (C=O) groups is 1. The van der Waals surface area contributed by atoms with Gasteiger partial charge in [-0.25, -0.2) is 0 Å². The Hall–Kier alpha value is -2.89. The average Bonchev–Trinajstić information content (AvgIpc) is 2.70. The molecule has 2 aromatic rings. The summed E-state index contributed by atoms with van der Waals surface area (Å²) < 4.78 is 22.2. The van der Waals surface area contributed by atoms with Crippen LogP contribution in [0.25, 0.3) is 0 Å². The topological polar surface area (TPSA) is 66.0 Å². The number of hydrogen-bond acceptors (Lipinski definition) is 5. The van der Waals surface area contributed by atoms with Gasteiger partial charge in [-0.15, -0.1) is 0 Å². The van der Waals surface area contributed by atoms with Gasteiger partial charge < -0.3 is 24.3 Å². The number of methoxy groups -OCH3 is 2. The van der Waals surface area contributed by atoms with Crippen molar-refractivity contribution < 1.29 is 23.7 Å². The second-order valence-corrected chi connectivity index (χ2v) is 7.72. The smallest absolute Gasteiger partial charge is 0.220 e. The first kappa shape index (κ1) is 20.8. The summed E-state index contributed by atoms with van der Waals surface area (Å²) >= 11 is 0. The number of fused-ring (bicyclic) bond motifs is 1. The summed E-state index contributed by atoms with van der Waals surface area (Å²) in [6.45, 7) is 4.53. The van der Waals surface area contributed by atoms with Gasteiger partial charge in [0, 0.05) is 24.5 Å². The van der Waals surface area contributed by atoms with Crippen LogP contribution >= 0.6 is 0 Å². The Balaban J connectivity index is 1.52. The van der Waals surface area contributed by atoms with E-state index >= 15 is 0 Å².